The van der Waals surface area contributed by atoms with Crippen molar-refractivity contribution in [2.24, 2.45) is 23.7 Å². The number of anilines is 1. The number of rotatable bonds is 2. The van der Waals surface area contributed by atoms with Crippen LogP contribution in [0.2, 0.25) is 0 Å². The molecule has 1 aromatic rings. The highest BCUT2D eigenvalue weighted by atomic mass is 15.2. The summed E-state index contributed by atoms with van der Waals surface area (Å²) in [7, 11) is 0. The Labute approximate surface area is 95.7 Å². The molecule has 3 heteroatoms. The summed E-state index contributed by atoms with van der Waals surface area (Å²) in [6.07, 6.45) is 6.29. The predicted octanol–water partition coefficient (Wildman–Crippen LogP) is 2.24. The summed E-state index contributed by atoms with van der Waals surface area (Å²) < 4.78 is 0. The molecule has 4 rings (SSSR count). The van der Waals surface area contributed by atoms with Gasteiger partial charge in [-0.2, -0.15) is 0 Å². The quantitative estimate of drug-likeness (QED) is 0.822. The Hall–Kier alpha value is -1.12. The molecule has 3 saturated carbocycles. The molecule has 16 heavy (non-hydrogen) atoms. The Balaban J connectivity index is 1.51. The largest absolute Gasteiger partial charge is 0.351 e. The van der Waals surface area contributed by atoms with E-state index in [1.807, 2.05) is 19.2 Å². The van der Waals surface area contributed by atoms with Crippen LogP contribution in [0.1, 0.15) is 25.0 Å². The number of hydrogen-bond acceptors (Lipinski definition) is 3. The molecule has 2 bridgehead atoms. The number of fused-ring (bicyclic) bond motifs is 5. The first kappa shape index (κ1) is 8.97. The zero-order valence-electron chi connectivity index (χ0n) is 9.56. The fourth-order valence-corrected chi connectivity index (χ4v) is 4.19. The van der Waals surface area contributed by atoms with Gasteiger partial charge in [-0.1, -0.05) is 0 Å². The molecule has 0 aliphatic heterocycles. The van der Waals surface area contributed by atoms with Crippen molar-refractivity contribution in [2.75, 3.05) is 5.32 Å². The van der Waals surface area contributed by atoms with Gasteiger partial charge in [-0.05, 0) is 55.9 Å². The first-order valence-electron chi connectivity index (χ1n) is 6.39. The Morgan fingerprint density at radius 3 is 2.69 bits per heavy atom. The Morgan fingerprint density at radius 2 is 2.00 bits per heavy atom. The van der Waals surface area contributed by atoms with Gasteiger partial charge >= 0.3 is 0 Å². The maximum absolute atomic E-state index is 4.43. The molecule has 3 fully saturated rings. The normalized spacial score (nSPS) is 43.2. The molecule has 3 nitrogen and oxygen atoms in total. The van der Waals surface area contributed by atoms with Gasteiger partial charge in [0.15, 0.2) is 0 Å². The lowest BCUT2D eigenvalue weighted by atomic mass is 10.0. The van der Waals surface area contributed by atoms with E-state index in [2.05, 4.69) is 15.3 Å². The second kappa shape index (κ2) is 2.96. The van der Waals surface area contributed by atoms with E-state index in [1.54, 1.807) is 0 Å². The third-order valence-corrected chi connectivity index (χ3v) is 4.83. The summed E-state index contributed by atoms with van der Waals surface area (Å²) in [6, 6.07) is 2.64. The maximum Gasteiger partial charge on any atom is 0.223 e. The van der Waals surface area contributed by atoms with Crippen molar-refractivity contribution in [3.8, 4) is 0 Å². The number of nitrogens with zero attached hydrogens (tertiary/aromatic N) is 2. The molecule has 0 radical (unpaired) electrons. The van der Waals surface area contributed by atoms with Crippen LogP contribution in [0.25, 0.3) is 0 Å². The fraction of sp³-hybridized carbons (Fsp3) is 0.692. The van der Waals surface area contributed by atoms with Crippen molar-refractivity contribution >= 4 is 5.95 Å². The average molecular weight is 215 g/mol. The van der Waals surface area contributed by atoms with E-state index in [1.165, 1.54) is 19.3 Å². The minimum Gasteiger partial charge on any atom is -0.351 e. The van der Waals surface area contributed by atoms with Gasteiger partial charge in [0.2, 0.25) is 5.95 Å². The van der Waals surface area contributed by atoms with E-state index in [0.717, 1.165) is 35.3 Å². The molecule has 4 atom stereocenters. The lowest BCUT2D eigenvalue weighted by molar-refractivity contribution is 0.456. The van der Waals surface area contributed by atoms with Crippen molar-refractivity contribution in [2.45, 2.75) is 32.2 Å². The summed E-state index contributed by atoms with van der Waals surface area (Å²) in [6.45, 7) is 2.02. The lowest BCUT2D eigenvalue weighted by Crippen LogP contribution is -2.14. The zero-order valence-corrected chi connectivity index (χ0v) is 9.56. The van der Waals surface area contributed by atoms with Crippen molar-refractivity contribution < 1.29 is 0 Å². The van der Waals surface area contributed by atoms with Crippen LogP contribution in [0, 0.1) is 30.6 Å². The van der Waals surface area contributed by atoms with E-state index in [0.29, 0.717) is 6.04 Å². The number of nitrogens with one attached hydrogen (secondary N) is 1. The van der Waals surface area contributed by atoms with Gasteiger partial charge in [-0.3, -0.25) is 0 Å². The summed E-state index contributed by atoms with van der Waals surface area (Å²) in [4.78, 5) is 8.72. The van der Waals surface area contributed by atoms with Crippen LogP contribution in [0.3, 0.4) is 0 Å². The molecular formula is C13H17N3. The van der Waals surface area contributed by atoms with Gasteiger partial charge < -0.3 is 5.32 Å². The number of hydrogen-bond donors (Lipinski definition) is 1. The Kier molecular flexibility index (Phi) is 1.66. The van der Waals surface area contributed by atoms with Gasteiger partial charge in [0.1, 0.15) is 0 Å². The molecule has 3 aliphatic rings. The van der Waals surface area contributed by atoms with E-state index in [4.69, 9.17) is 0 Å². The van der Waals surface area contributed by atoms with Crippen molar-refractivity contribution in [3.05, 3.63) is 18.0 Å². The Bertz CT molecular complexity index is 415. The summed E-state index contributed by atoms with van der Waals surface area (Å²) in [5.41, 5.74) is 1.05. The molecule has 1 aromatic heterocycles. The molecule has 0 spiro atoms. The van der Waals surface area contributed by atoms with Crippen LogP contribution >= 0.6 is 0 Å². The third kappa shape index (κ3) is 1.14. The first-order chi connectivity index (χ1) is 7.83. The van der Waals surface area contributed by atoms with E-state index >= 15 is 0 Å². The molecule has 1 heterocycles. The Morgan fingerprint density at radius 1 is 1.25 bits per heavy atom. The van der Waals surface area contributed by atoms with Gasteiger partial charge in [0.25, 0.3) is 0 Å². The average Bonchev–Trinajstić information content (AvgIpc) is 2.70. The van der Waals surface area contributed by atoms with Gasteiger partial charge in [-0.15, -0.1) is 0 Å². The SMILES string of the molecule is Cc1ccnc(NC2C3C4CCC(C4)C23)n1. The molecule has 0 amide bonds. The zero-order chi connectivity index (χ0) is 10.7. The van der Waals surface area contributed by atoms with Crippen LogP contribution in [-0.4, -0.2) is 16.0 Å². The molecule has 3 aliphatic carbocycles. The number of aryl methyl sites for hydroxylation is 1. The predicted molar refractivity (Wildman–Crippen MR) is 62.0 cm³/mol. The van der Waals surface area contributed by atoms with Crippen molar-refractivity contribution in [1.82, 2.24) is 9.97 Å². The molecule has 0 aromatic carbocycles. The molecule has 84 valence electrons. The second-order valence-electron chi connectivity index (χ2n) is 5.68. The fourth-order valence-electron chi connectivity index (χ4n) is 4.19. The summed E-state index contributed by atoms with van der Waals surface area (Å²) in [5, 5.41) is 3.54. The van der Waals surface area contributed by atoms with Gasteiger partial charge in [-0.25, -0.2) is 9.97 Å². The molecule has 4 unspecified atom stereocenters. The van der Waals surface area contributed by atoms with Crippen LogP contribution < -0.4 is 5.32 Å². The third-order valence-electron chi connectivity index (χ3n) is 4.83. The topological polar surface area (TPSA) is 37.8 Å². The van der Waals surface area contributed by atoms with Crippen LogP contribution in [0.4, 0.5) is 5.95 Å². The van der Waals surface area contributed by atoms with E-state index < -0.39 is 0 Å². The first-order valence-corrected chi connectivity index (χ1v) is 6.39. The summed E-state index contributed by atoms with van der Waals surface area (Å²) in [5.74, 6) is 4.75. The maximum atomic E-state index is 4.43. The number of aromatic nitrogens is 2. The van der Waals surface area contributed by atoms with Crippen LogP contribution in [0.5, 0.6) is 0 Å². The summed E-state index contributed by atoms with van der Waals surface area (Å²) >= 11 is 0. The van der Waals surface area contributed by atoms with Crippen molar-refractivity contribution in [1.29, 1.82) is 0 Å². The second-order valence-corrected chi connectivity index (χ2v) is 5.68. The van der Waals surface area contributed by atoms with Crippen molar-refractivity contribution in [3.63, 3.8) is 0 Å². The standard InChI is InChI=1S/C13H17N3/c1-7-4-5-14-13(15-7)16-12-10-8-2-3-9(6-8)11(10)12/h4-5,8-12H,2-3,6H2,1H3,(H,14,15,16). The molecular weight excluding hydrogens is 198 g/mol. The molecule has 1 N–H and O–H groups in total. The van der Waals surface area contributed by atoms with Crippen LogP contribution in [0.15, 0.2) is 12.3 Å². The minimum atomic E-state index is 0.688. The smallest absolute Gasteiger partial charge is 0.223 e. The van der Waals surface area contributed by atoms with Crippen LogP contribution in [-0.2, 0) is 0 Å². The van der Waals surface area contributed by atoms with E-state index in [9.17, 15) is 0 Å². The van der Waals surface area contributed by atoms with Gasteiger partial charge in [0.05, 0.1) is 0 Å². The van der Waals surface area contributed by atoms with Gasteiger partial charge in [0, 0.05) is 17.9 Å². The van der Waals surface area contributed by atoms with E-state index in [-0.39, 0.29) is 0 Å². The minimum absolute atomic E-state index is 0.688. The monoisotopic (exact) mass is 215 g/mol. The highest BCUT2D eigenvalue weighted by molar-refractivity contribution is 5.34. The highest BCUT2D eigenvalue weighted by Gasteiger charge is 2.65. The highest BCUT2D eigenvalue weighted by Crippen LogP contribution is 2.66. The molecule has 0 saturated heterocycles. The lowest BCUT2D eigenvalue weighted by Gasteiger charge is -2.10.